The zero-order valence-electron chi connectivity index (χ0n) is 11.9. The van der Waals surface area contributed by atoms with Crippen LogP contribution in [0.3, 0.4) is 0 Å². The van der Waals surface area contributed by atoms with Crippen molar-refractivity contribution in [3.63, 3.8) is 0 Å². The molecule has 3 heteroatoms. The molecule has 110 valence electrons. The lowest BCUT2D eigenvalue weighted by Crippen LogP contribution is -2.34. The summed E-state index contributed by atoms with van der Waals surface area (Å²) >= 11 is 0. The van der Waals surface area contributed by atoms with Gasteiger partial charge in [0.05, 0.1) is 0 Å². The van der Waals surface area contributed by atoms with Gasteiger partial charge >= 0.3 is 0 Å². The van der Waals surface area contributed by atoms with E-state index in [4.69, 9.17) is 0 Å². The van der Waals surface area contributed by atoms with Gasteiger partial charge in [-0.2, -0.15) is 0 Å². The number of hydrogen-bond acceptors (Lipinski definition) is 2. The molecule has 2 atom stereocenters. The Bertz CT molecular complexity index is 643. The molecular formula is C18H20BrNO. The number of rotatable bonds is 1. The molecule has 2 aromatic rings. The summed E-state index contributed by atoms with van der Waals surface area (Å²) in [6.45, 7) is 2.28. The van der Waals surface area contributed by atoms with Gasteiger partial charge in [0.25, 0.3) is 0 Å². The highest BCUT2D eigenvalue weighted by Gasteiger charge is 2.36. The van der Waals surface area contributed by atoms with E-state index in [1.54, 1.807) is 6.07 Å². The van der Waals surface area contributed by atoms with Gasteiger partial charge in [-0.3, -0.25) is 4.90 Å². The van der Waals surface area contributed by atoms with Gasteiger partial charge in [0.1, 0.15) is 5.75 Å². The van der Waals surface area contributed by atoms with Gasteiger partial charge in [-0.15, -0.1) is 17.0 Å². The Hall–Kier alpha value is -1.32. The van der Waals surface area contributed by atoms with Crippen molar-refractivity contribution < 1.29 is 5.11 Å². The summed E-state index contributed by atoms with van der Waals surface area (Å²) in [5.74, 6) is 0.746. The quantitative estimate of drug-likeness (QED) is 0.834. The van der Waals surface area contributed by atoms with Crippen molar-refractivity contribution in [2.75, 3.05) is 13.1 Å². The van der Waals surface area contributed by atoms with E-state index in [0.717, 1.165) is 6.54 Å². The molecule has 0 unspecified atom stereocenters. The average Bonchev–Trinajstić information content (AvgIpc) is 2.95. The Morgan fingerprint density at radius 1 is 1.00 bits per heavy atom. The third-order valence-corrected chi connectivity index (χ3v) is 4.78. The van der Waals surface area contributed by atoms with E-state index < -0.39 is 0 Å². The zero-order valence-corrected chi connectivity index (χ0v) is 13.6. The molecule has 0 spiro atoms. The lowest BCUT2D eigenvalue weighted by atomic mass is 9.81. The van der Waals surface area contributed by atoms with Crippen LogP contribution in [0, 0.1) is 0 Å². The van der Waals surface area contributed by atoms with Crippen molar-refractivity contribution in [3.8, 4) is 5.75 Å². The number of phenolic OH excluding ortho intramolecular Hbond substituents is 1. The van der Waals surface area contributed by atoms with E-state index in [9.17, 15) is 5.11 Å². The lowest BCUT2D eigenvalue weighted by molar-refractivity contribution is 0.230. The monoisotopic (exact) mass is 345 g/mol. The van der Waals surface area contributed by atoms with Crippen LogP contribution in [0.15, 0.2) is 48.5 Å². The summed E-state index contributed by atoms with van der Waals surface area (Å²) in [4.78, 5) is 2.61. The second kappa shape index (κ2) is 5.82. The fourth-order valence-corrected chi connectivity index (χ4v) is 3.89. The Labute approximate surface area is 136 Å². The summed E-state index contributed by atoms with van der Waals surface area (Å²) in [5.41, 5.74) is 4.16. The minimum absolute atomic E-state index is 0. The Kier molecular flexibility index (Phi) is 4.05. The summed E-state index contributed by atoms with van der Waals surface area (Å²) in [6.07, 6.45) is 2.58. The molecule has 2 aromatic carbocycles. The highest BCUT2D eigenvalue weighted by Crippen LogP contribution is 2.44. The van der Waals surface area contributed by atoms with Crippen molar-refractivity contribution in [3.05, 3.63) is 65.2 Å². The minimum Gasteiger partial charge on any atom is -0.508 e. The van der Waals surface area contributed by atoms with Crippen molar-refractivity contribution >= 4 is 17.0 Å². The van der Waals surface area contributed by atoms with Crippen molar-refractivity contribution in [1.29, 1.82) is 0 Å². The molecule has 2 aliphatic heterocycles. The SMILES string of the molecule is Br.Oc1cccc([C@@H]2CN3CCC[C@H]3c3ccccc32)c1. The Morgan fingerprint density at radius 2 is 1.81 bits per heavy atom. The van der Waals surface area contributed by atoms with Crippen molar-refractivity contribution in [2.24, 2.45) is 0 Å². The van der Waals surface area contributed by atoms with Crippen LogP contribution in [0.1, 0.15) is 41.5 Å². The number of aromatic hydroxyl groups is 1. The second-order valence-electron chi connectivity index (χ2n) is 5.93. The van der Waals surface area contributed by atoms with E-state index >= 15 is 0 Å². The maximum Gasteiger partial charge on any atom is 0.115 e. The number of hydrogen-bond donors (Lipinski definition) is 1. The second-order valence-corrected chi connectivity index (χ2v) is 5.93. The first-order valence-electron chi connectivity index (χ1n) is 7.45. The predicted molar refractivity (Wildman–Crippen MR) is 90.3 cm³/mol. The van der Waals surface area contributed by atoms with Crippen LogP contribution >= 0.6 is 17.0 Å². The molecule has 1 N–H and O–H groups in total. The molecular weight excluding hydrogens is 326 g/mol. The largest absolute Gasteiger partial charge is 0.508 e. The molecule has 0 amide bonds. The maximum atomic E-state index is 9.77. The molecule has 1 fully saturated rings. The normalized spacial score (nSPS) is 24.0. The van der Waals surface area contributed by atoms with Crippen LogP contribution in [0.25, 0.3) is 0 Å². The molecule has 0 bridgehead atoms. The third kappa shape index (κ3) is 2.49. The van der Waals surface area contributed by atoms with Gasteiger partial charge in [0.15, 0.2) is 0 Å². The highest BCUT2D eigenvalue weighted by molar-refractivity contribution is 8.93. The van der Waals surface area contributed by atoms with Gasteiger partial charge < -0.3 is 5.11 Å². The number of nitrogens with zero attached hydrogens (tertiary/aromatic N) is 1. The van der Waals surface area contributed by atoms with Crippen molar-refractivity contribution in [2.45, 2.75) is 24.8 Å². The first-order chi connectivity index (χ1) is 9.83. The number of fused-ring (bicyclic) bond motifs is 3. The molecule has 0 radical (unpaired) electrons. The van der Waals surface area contributed by atoms with E-state index in [2.05, 4.69) is 35.2 Å². The Balaban J connectivity index is 0.00000132. The van der Waals surface area contributed by atoms with Crippen LogP contribution in [0.5, 0.6) is 5.75 Å². The minimum atomic E-state index is 0. The zero-order chi connectivity index (χ0) is 13.5. The first kappa shape index (κ1) is 14.6. The lowest BCUT2D eigenvalue weighted by Gasteiger charge is -2.37. The van der Waals surface area contributed by atoms with Gasteiger partial charge in [-0.05, 0) is 48.2 Å². The Morgan fingerprint density at radius 3 is 2.62 bits per heavy atom. The van der Waals surface area contributed by atoms with E-state index in [1.807, 2.05) is 12.1 Å². The average molecular weight is 346 g/mol. The van der Waals surface area contributed by atoms with Crippen LogP contribution < -0.4 is 0 Å². The number of phenols is 1. The maximum absolute atomic E-state index is 9.77. The fourth-order valence-electron chi connectivity index (χ4n) is 3.89. The van der Waals surface area contributed by atoms with Gasteiger partial charge in [-0.25, -0.2) is 0 Å². The van der Waals surface area contributed by atoms with Gasteiger partial charge in [-0.1, -0.05) is 36.4 Å². The molecule has 0 aliphatic carbocycles. The molecule has 2 heterocycles. The highest BCUT2D eigenvalue weighted by atomic mass is 79.9. The van der Waals surface area contributed by atoms with Crippen LogP contribution in [-0.4, -0.2) is 23.1 Å². The summed E-state index contributed by atoms with van der Waals surface area (Å²) in [5, 5.41) is 9.77. The van der Waals surface area contributed by atoms with Crippen LogP contribution in [0.4, 0.5) is 0 Å². The van der Waals surface area contributed by atoms with E-state index in [1.165, 1.54) is 36.1 Å². The topological polar surface area (TPSA) is 23.5 Å². The van der Waals surface area contributed by atoms with Crippen molar-refractivity contribution in [1.82, 2.24) is 4.90 Å². The van der Waals surface area contributed by atoms with E-state index in [0.29, 0.717) is 17.7 Å². The molecule has 2 aliphatic rings. The molecule has 4 rings (SSSR count). The molecule has 21 heavy (non-hydrogen) atoms. The first-order valence-corrected chi connectivity index (χ1v) is 7.45. The summed E-state index contributed by atoms with van der Waals surface area (Å²) in [6, 6.07) is 17.2. The number of benzene rings is 2. The van der Waals surface area contributed by atoms with Crippen LogP contribution in [0.2, 0.25) is 0 Å². The van der Waals surface area contributed by atoms with Gasteiger partial charge in [0.2, 0.25) is 0 Å². The molecule has 0 saturated carbocycles. The smallest absolute Gasteiger partial charge is 0.115 e. The van der Waals surface area contributed by atoms with E-state index in [-0.39, 0.29) is 17.0 Å². The predicted octanol–water partition coefficient (Wildman–Crippen LogP) is 4.25. The summed E-state index contributed by atoms with van der Waals surface area (Å²) in [7, 11) is 0. The van der Waals surface area contributed by atoms with Gasteiger partial charge in [0, 0.05) is 18.5 Å². The van der Waals surface area contributed by atoms with Crippen LogP contribution in [-0.2, 0) is 0 Å². The molecule has 1 saturated heterocycles. The molecule has 0 aromatic heterocycles. The standard InChI is InChI=1S/C18H19NO.BrH/c20-14-6-3-5-13(11-14)17-12-19-10-4-9-18(19)16-8-2-1-7-15(16)17;/h1-3,5-8,11,17-18,20H,4,9-10,12H2;1H/t17-,18-;/m0./s1. The number of halogens is 1. The molecule has 2 nitrogen and oxygen atoms in total. The fraction of sp³-hybridized carbons (Fsp3) is 0.333. The third-order valence-electron chi connectivity index (χ3n) is 4.78. The summed E-state index contributed by atoms with van der Waals surface area (Å²) < 4.78 is 0.